The second-order valence-corrected chi connectivity index (χ2v) is 9.64. The third-order valence-electron chi connectivity index (χ3n) is 1.07. The zero-order valence-corrected chi connectivity index (χ0v) is 13.1. The quantitative estimate of drug-likeness (QED) is 0.540. The Morgan fingerprint density at radius 1 is 1.00 bits per heavy atom. The topological polar surface area (TPSA) is 35.5 Å². The number of hydrogen-bond acceptors (Lipinski definition) is 3. The molecule has 86 valence electrons. The first-order valence-electron chi connectivity index (χ1n) is 4.27. The highest BCUT2D eigenvalue weighted by atomic mass is 79.9. The molecule has 3 nitrogen and oxygen atoms in total. The van der Waals surface area contributed by atoms with Gasteiger partial charge in [0, 0.05) is 8.65 Å². The van der Waals surface area contributed by atoms with E-state index < -0.39 is 8.25 Å². The zero-order valence-electron chi connectivity index (χ0n) is 8.89. The van der Waals surface area contributed by atoms with Gasteiger partial charge in [0.2, 0.25) is 0 Å². The van der Waals surface area contributed by atoms with Gasteiger partial charge in [-0.3, -0.25) is 4.57 Å². The second-order valence-electron chi connectivity index (χ2n) is 4.26. The largest absolute Gasteiger partial charge is 0.319 e. The van der Waals surface area contributed by atoms with Gasteiger partial charge in [-0.05, 0) is 27.7 Å². The van der Waals surface area contributed by atoms with Crippen LogP contribution in [0.1, 0.15) is 27.7 Å². The van der Waals surface area contributed by atoms with Gasteiger partial charge in [-0.2, -0.15) is 0 Å². The Bertz CT molecular complexity index is 176. The maximum absolute atomic E-state index is 11.2. The summed E-state index contributed by atoms with van der Waals surface area (Å²) in [5.41, 5.74) is 0. The van der Waals surface area contributed by atoms with Gasteiger partial charge >= 0.3 is 8.25 Å². The minimum absolute atomic E-state index is 0.166. The summed E-state index contributed by atoms with van der Waals surface area (Å²) in [6.07, 6.45) is 0. The molecule has 0 aromatic carbocycles. The fourth-order valence-corrected chi connectivity index (χ4v) is 2.19. The highest BCUT2D eigenvalue weighted by Gasteiger charge is 2.17. The molecule has 0 amide bonds. The van der Waals surface area contributed by atoms with Gasteiger partial charge in [0.25, 0.3) is 0 Å². The summed E-state index contributed by atoms with van der Waals surface area (Å²) >= 11 is 6.77. The van der Waals surface area contributed by atoms with Crippen LogP contribution in [0.5, 0.6) is 0 Å². The summed E-state index contributed by atoms with van der Waals surface area (Å²) in [7, 11) is -2.37. The van der Waals surface area contributed by atoms with Crippen molar-refractivity contribution in [2.45, 2.75) is 36.3 Å². The Balaban J connectivity index is 3.68. The number of hydrogen-bond donors (Lipinski definition) is 0. The average molecular weight is 352 g/mol. The normalized spacial score (nSPS) is 13.6. The van der Waals surface area contributed by atoms with Crippen molar-refractivity contribution in [2.24, 2.45) is 0 Å². The molecule has 0 bridgehead atoms. The molecular formula is C8H17Br2O3P. The first-order chi connectivity index (χ1) is 6.10. The van der Waals surface area contributed by atoms with Crippen LogP contribution >= 0.6 is 40.1 Å². The van der Waals surface area contributed by atoms with E-state index in [1.165, 1.54) is 0 Å². The minimum atomic E-state index is -2.37. The first-order valence-corrected chi connectivity index (χ1v) is 7.09. The molecule has 0 heterocycles. The summed E-state index contributed by atoms with van der Waals surface area (Å²) < 4.78 is 21.0. The molecule has 0 atom stereocenters. The molecule has 0 aliphatic heterocycles. The Morgan fingerprint density at radius 2 is 1.29 bits per heavy atom. The molecule has 0 aromatic rings. The Morgan fingerprint density at radius 3 is 1.50 bits per heavy atom. The Hall–Kier alpha value is 1.11. The summed E-state index contributed by atoms with van der Waals surface area (Å²) in [6, 6.07) is 0. The van der Waals surface area contributed by atoms with E-state index in [0.29, 0.717) is 13.2 Å². The van der Waals surface area contributed by atoms with Crippen LogP contribution in [0.15, 0.2) is 0 Å². The van der Waals surface area contributed by atoms with Crippen LogP contribution in [0.4, 0.5) is 0 Å². The van der Waals surface area contributed by atoms with E-state index in [9.17, 15) is 4.57 Å². The van der Waals surface area contributed by atoms with E-state index in [4.69, 9.17) is 9.05 Å². The lowest BCUT2D eigenvalue weighted by molar-refractivity contribution is 0.207. The molecule has 6 heteroatoms. The monoisotopic (exact) mass is 350 g/mol. The lowest BCUT2D eigenvalue weighted by atomic mass is 10.2. The SMILES string of the molecule is CC(C)(Br)CO[PH](=O)OCC(C)(C)Br. The van der Waals surface area contributed by atoms with E-state index in [1.54, 1.807) is 0 Å². The molecule has 0 aromatic heterocycles. The molecule has 0 radical (unpaired) electrons. The zero-order chi connectivity index (χ0) is 11.4. The maximum Gasteiger partial charge on any atom is 0.319 e. The molecule has 0 fully saturated rings. The van der Waals surface area contributed by atoms with Gasteiger partial charge in [0.05, 0.1) is 13.2 Å². The van der Waals surface area contributed by atoms with Crippen LogP contribution in [0, 0.1) is 0 Å². The van der Waals surface area contributed by atoms with Crippen LogP contribution in [0.25, 0.3) is 0 Å². The molecule has 0 unspecified atom stereocenters. The van der Waals surface area contributed by atoms with E-state index in [-0.39, 0.29) is 8.65 Å². The van der Waals surface area contributed by atoms with Crippen molar-refractivity contribution < 1.29 is 13.6 Å². The van der Waals surface area contributed by atoms with E-state index in [2.05, 4.69) is 31.9 Å². The van der Waals surface area contributed by atoms with Crippen molar-refractivity contribution in [3.63, 3.8) is 0 Å². The smallest absolute Gasteiger partial charge is 0.309 e. The second kappa shape index (κ2) is 6.00. The Kier molecular flexibility index (Phi) is 6.47. The minimum Gasteiger partial charge on any atom is -0.309 e. The lowest BCUT2D eigenvalue weighted by Gasteiger charge is -2.18. The fraction of sp³-hybridized carbons (Fsp3) is 1.00. The predicted octanol–water partition coefficient (Wildman–Crippen LogP) is 3.76. The van der Waals surface area contributed by atoms with Crippen molar-refractivity contribution in [1.82, 2.24) is 0 Å². The van der Waals surface area contributed by atoms with Crippen LogP contribution < -0.4 is 0 Å². The standard InChI is InChI=1S/C8H17Br2O3P/c1-7(2,9)5-12-14(11)13-6-8(3,4)10/h14H,5-6H2,1-4H3. The molecule has 14 heavy (non-hydrogen) atoms. The van der Waals surface area contributed by atoms with Crippen LogP contribution in [-0.2, 0) is 13.6 Å². The van der Waals surface area contributed by atoms with Crippen molar-refractivity contribution in [1.29, 1.82) is 0 Å². The van der Waals surface area contributed by atoms with Gasteiger partial charge in [-0.1, -0.05) is 31.9 Å². The average Bonchev–Trinajstić information content (AvgIpc) is 1.94. The molecule has 0 spiro atoms. The predicted molar refractivity (Wildman–Crippen MR) is 66.9 cm³/mol. The van der Waals surface area contributed by atoms with Crippen molar-refractivity contribution in [3.05, 3.63) is 0 Å². The summed E-state index contributed by atoms with van der Waals surface area (Å²) in [5, 5.41) is 0. The van der Waals surface area contributed by atoms with Crippen LogP contribution in [-0.4, -0.2) is 21.9 Å². The third-order valence-corrected chi connectivity index (χ3v) is 2.28. The van der Waals surface area contributed by atoms with Crippen molar-refractivity contribution >= 4 is 40.1 Å². The first kappa shape index (κ1) is 15.1. The van der Waals surface area contributed by atoms with Gasteiger partial charge in [0.15, 0.2) is 0 Å². The molecular weight excluding hydrogens is 335 g/mol. The number of rotatable bonds is 6. The molecule has 0 aliphatic carbocycles. The summed E-state index contributed by atoms with van der Waals surface area (Å²) in [6.45, 7) is 8.50. The number of halogens is 2. The molecule has 0 rings (SSSR count). The van der Waals surface area contributed by atoms with Gasteiger partial charge in [-0.15, -0.1) is 0 Å². The van der Waals surface area contributed by atoms with Crippen LogP contribution in [0.2, 0.25) is 0 Å². The highest BCUT2D eigenvalue weighted by molar-refractivity contribution is 9.10. The third kappa shape index (κ3) is 11.2. The van der Waals surface area contributed by atoms with E-state index >= 15 is 0 Å². The van der Waals surface area contributed by atoms with Gasteiger partial charge in [-0.25, -0.2) is 0 Å². The lowest BCUT2D eigenvalue weighted by Crippen LogP contribution is -2.18. The van der Waals surface area contributed by atoms with Crippen molar-refractivity contribution in [3.8, 4) is 0 Å². The fourth-order valence-electron chi connectivity index (χ4n) is 0.503. The number of alkyl halides is 2. The van der Waals surface area contributed by atoms with Crippen LogP contribution in [0.3, 0.4) is 0 Å². The molecule has 0 aliphatic rings. The summed E-state index contributed by atoms with van der Waals surface area (Å²) in [4.78, 5) is 0. The van der Waals surface area contributed by atoms with Gasteiger partial charge in [0.1, 0.15) is 0 Å². The van der Waals surface area contributed by atoms with Crippen molar-refractivity contribution in [2.75, 3.05) is 13.2 Å². The molecule has 0 N–H and O–H groups in total. The highest BCUT2D eigenvalue weighted by Crippen LogP contribution is 2.30. The maximum atomic E-state index is 11.2. The summed E-state index contributed by atoms with van der Waals surface area (Å²) in [5.74, 6) is 0. The Labute approximate surface area is 103 Å². The van der Waals surface area contributed by atoms with Gasteiger partial charge < -0.3 is 9.05 Å². The van der Waals surface area contributed by atoms with E-state index in [0.717, 1.165) is 0 Å². The van der Waals surface area contributed by atoms with E-state index in [1.807, 2.05) is 27.7 Å². The molecule has 0 saturated heterocycles. The molecule has 0 saturated carbocycles.